The average Bonchev–Trinajstić information content (AvgIpc) is 2.52. The Bertz CT molecular complexity index is 615. The molecular weight excluding hydrogens is 276 g/mol. The Labute approximate surface area is 131 Å². The number of benzene rings is 2. The van der Waals surface area contributed by atoms with Crippen molar-refractivity contribution in [1.29, 1.82) is 0 Å². The van der Waals surface area contributed by atoms with Gasteiger partial charge in [-0.2, -0.15) is 0 Å². The first-order valence-corrected chi connectivity index (χ1v) is 7.59. The van der Waals surface area contributed by atoms with Gasteiger partial charge in [-0.15, -0.1) is 0 Å². The zero-order valence-electron chi connectivity index (χ0n) is 13.1. The molecule has 1 N–H and O–H groups in total. The van der Waals surface area contributed by atoms with Crippen LogP contribution in [0.1, 0.15) is 41.8 Å². The van der Waals surface area contributed by atoms with Crippen molar-refractivity contribution in [1.82, 2.24) is 0 Å². The molecule has 22 heavy (non-hydrogen) atoms. The minimum Gasteiger partial charge on any atom is -0.507 e. The fourth-order valence-corrected chi connectivity index (χ4v) is 2.13. The van der Waals surface area contributed by atoms with E-state index in [-0.39, 0.29) is 17.9 Å². The van der Waals surface area contributed by atoms with Crippen LogP contribution in [0.15, 0.2) is 48.5 Å². The number of aryl methyl sites for hydroxylation is 1. The molecule has 0 aromatic heterocycles. The molecule has 0 atom stereocenters. The van der Waals surface area contributed by atoms with Crippen molar-refractivity contribution in [3.05, 3.63) is 65.2 Å². The number of phenols is 1. The number of para-hydroxylation sites is 1. The monoisotopic (exact) mass is 298 g/mol. The van der Waals surface area contributed by atoms with Gasteiger partial charge in [0.05, 0.1) is 0 Å². The largest absolute Gasteiger partial charge is 0.507 e. The summed E-state index contributed by atoms with van der Waals surface area (Å²) in [5.41, 5.74) is 2.43. The summed E-state index contributed by atoms with van der Waals surface area (Å²) >= 11 is 0. The van der Waals surface area contributed by atoms with Gasteiger partial charge in [-0.1, -0.05) is 50.2 Å². The van der Waals surface area contributed by atoms with Crippen molar-refractivity contribution in [2.24, 2.45) is 5.92 Å². The smallest absolute Gasteiger partial charge is 0.342 e. The number of aromatic hydroxyl groups is 1. The van der Waals surface area contributed by atoms with Gasteiger partial charge in [0.15, 0.2) is 0 Å². The number of carbonyl (C=O) groups is 1. The van der Waals surface area contributed by atoms with Gasteiger partial charge in [-0.05, 0) is 42.0 Å². The van der Waals surface area contributed by atoms with Crippen LogP contribution in [0.3, 0.4) is 0 Å². The number of carbonyl (C=O) groups excluding carboxylic acids is 1. The molecule has 0 unspecified atom stereocenters. The summed E-state index contributed by atoms with van der Waals surface area (Å²) in [6.07, 6.45) is 2.23. The van der Waals surface area contributed by atoms with Crippen LogP contribution in [0.4, 0.5) is 0 Å². The molecule has 2 rings (SSSR count). The normalized spacial score (nSPS) is 10.7. The minimum absolute atomic E-state index is 0.0588. The van der Waals surface area contributed by atoms with E-state index >= 15 is 0 Å². The molecule has 0 heterocycles. The van der Waals surface area contributed by atoms with Crippen LogP contribution in [-0.4, -0.2) is 11.1 Å². The van der Waals surface area contributed by atoms with Crippen LogP contribution in [0.25, 0.3) is 0 Å². The SMILES string of the molecule is CC(C)CCc1ccc(COC(=O)c2ccccc2O)cc1. The molecule has 0 saturated carbocycles. The van der Waals surface area contributed by atoms with Gasteiger partial charge in [0.2, 0.25) is 0 Å². The third-order valence-electron chi connectivity index (χ3n) is 3.53. The second kappa shape index (κ2) is 7.64. The Morgan fingerprint density at radius 2 is 1.68 bits per heavy atom. The Morgan fingerprint density at radius 3 is 2.32 bits per heavy atom. The lowest BCUT2D eigenvalue weighted by Crippen LogP contribution is -2.05. The Morgan fingerprint density at radius 1 is 1.05 bits per heavy atom. The molecule has 3 nitrogen and oxygen atoms in total. The van der Waals surface area contributed by atoms with Gasteiger partial charge in [0.1, 0.15) is 17.9 Å². The third-order valence-corrected chi connectivity index (χ3v) is 3.53. The molecule has 2 aromatic rings. The maximum atomic E-state index is 11.9. The molecule has 116 valence electrons. The van der Waals surface area contributed by atoms with E-state index in [0.29, 0.717) is 5.92 Å². The maximum absolute atomic E-state index is 11.9. The molecule has 0 fully saturated rings. The second-order valence-electron chi connectivity index (χ2n) is 5.84. The Balaban J connectivity index is 1.89. The van der Waals surface area contributed by atoms with E-state index in [9.17, 15) is 9.90 Å². The van der Waals surface area contributed by atoms with Gasteiger partial charge in [-0.25, -0.2) is 4.79 Å². The second-order valence-corrected chi connectivity index (χ2v) is 5.84. The van der Waals surface area contributed by atoms with Crippen LogP contribution in [0.2, 0.25) is 0 Å². The Hall–Kier alpha value is -2.29. The molecule has 0 spiro atoms. The highest BCUT2D eigenvalue weighted by Crippen LogP contribution is 2.17. The molecular formula is C19H22O3. The molecule has 0 amide bonds. The summed E-state index contributed by atoms with van der Waals surface area (Å²) in [5, 5.41) is 9.62. The number of hydrogen-bond donors (Lipinski definition) is 1. The summed E-state index contributed by atoms with van der Waals surface area (Å²) in [7, 11) is 0. The summed E-state index contributed by atoms with van der Waals surface area (Å²) in [6.45, 7) is 4.64. The molecule has 0 aliphatic heterocycles. The van der Waals surface area contributed by atoms with Crippen LogP contribution in [0.5, 0.6) is 5.75 Å². The number of phenolic OH excluding ortho intramolecular Hbond substituents is 1. The molecule has 2 aromatic carbocycles. The van der Waals surface area contributed by atoms with E-state index in [0.717, 1.165) is 12.0 Å². The zero-order chi connectivity index (χ0) is 15.9. The molecule has 3 heteroatoms. The van der Waals surface area contributed by atoms with Crippen LogP contribution >= 0.6 is 0 Å². The first-order chi connectivity index (χ1) is 10.6. The topological polar surface area (TPSA) is 46.5 Å². The van der Waals surface area contributed by atoms with Crippen molar-refractivity contribution >= 4 is 5.97 Å². The van der Waals surface area contributed by atoms with E-state index < -0.39 is 5.97 Å². The van der Waals surface area contributed by atoms with Gasteiger partial charge < -0.3 is 9.84 Å². The summed E-state index contributed by atoms with van der Waals surface area (Å²) in [4.78, 5) is 11.9. The van der Waals surface area contributed by atoms with Crippen molar-refractivity contribution in [3.8, 4) is 5.75 Å². The summed E-state index contributed by atoms with van der Waals surface area (Å²) in [6, 6.07) is 14.5. The average molecular weight is 298 g/mol. The molecule has 0 saturated heterocycles. The standard InChI is InChI=1S/C19H22O3/c1-14(2)7-8-15-9-11-16(12-10-15)13-22-19(21)17-5-3-4-6-18(17)20/h3-6,9-12,14,20H,7-8,13H2,1-2H3. The molecule has 0 bridgehead atoms. The van der Waals surface area contributed by atoms with Gasteiger partial charge >= 0.3 is 5.97 Å². The number of hydrogen-bond acceptors (Lipinski definition) is 3. The van der Waals surface area contributed by atoms with Crippen LogP contribution in [0, 0.1) is 5.92 Å². The van der Waals surface area contributed by atoms with Gasteiger partial charge in [0, 0.05) is 0 Å². The van der Waals surface area contributed by atoms with E-state index in [4.69, 9.17) is 4.74 Å². The summed E-state index contributed by atoms with van der Waals surface area (Å²) in [5.74, 6) is 0.123. The molecule has 0 aliphatic carbocycles. The highest BCUT2D eigenvalue weighted by Gasteiger charge is 2.11. The first-order valence-electron chi connectivity index (χ1n) is 7.59. The molecule has 0 aliphatic rings. The van der Waals surface area contributed by atoms with Crippen molar-refractivity contribution in [3.63, 3.8) is 0 Å². The fourth-order valence-electron chi connectivity index (χ4n) is 2.13. The summed E-state index contributed by atoms with van der Waals surface area (Å²) < 4.78 is 5.23. The van der Waals surface area contributed by atoms with Crippen molar-refractivity contribution < 1.29 is 14.6 Å². The first kappa shape index (κ1) is 16.1. The predicted octanol–water partition coefficient (Wildman–Crippen LogP) is 4.34. The highest BCUT2D eigenvalue weighted by atomic mass is 16.5. The number of rotatable bonds is 6. The predicted molar refractivity (Wildman–Crippen MR) is 86.8 cm³/mol. The van der Waals surface area contributed by atoms with E-state index in [1.54, 1.807) is 18.2 Å². The third kappa shape index (κ3) is 4.62. The van der Waals surface area contributed by atoms with E-state index in [1.807, 2.05) is 12.1 Å². The van der Waals surface area contributed by atoms with Crippen molar-refractivity contribution in [2.45, 2.75) is 33.3 Å². The minimum atomic E-state index is -0.512. The lowest BCUT2D eigenvalue weighted by atomic mass is 10.0. The van der Waals surface area contributed by atoms with Crippen LogP contribution in [-0.2, 0) is 17.8 Å². The number of esters is 1. The number of ether oxygens (including phenoxy) is 1. The quantitative estimate of drug-likeness (QED) is 0.807. The lowest BCUT2D eigenvalue weighted by molar-refractivity contribution is 0.0469. The maximum Gasteiger partial charge on any atom is 0.342 e. The fraction of sp³-hybridized carbons (Fsp3) is 0.316. The van der Waals surface area contributed by atoms with E-state index in [2.05, 4.69) is 26.0 Å². The zero-order valence-corrected chi connectivity index (χ0v) is 13.1. The van der Waals surface area contributed by atoms with Crippen LogP contribution < -0.4 is 0 Å². The van der Waals surface area contributed by atoms with Crippen molar-refractivity contribution in [2.75, 3.05) is 0 Å². The van der Waals surface area contributed by atoms with Gasteiger partial charge in [0.25, 0.3) is 0 Å². The molecule has 0 radical (unpaired) electrons. The lowest BCUT2D eigenvalue weighted by Gasteiger charge is -2.08. The van der Waals surface area contributed by atoms with Gasteiger partial charge in [-0.3, -0.25) is 0 Å². The highest BCUT2D eigenvalue weighted by molar-refractivity contribution is 5.92. The van der Waals surface area contributed by atoms with E-state index in [1.165, 1.54) is 18.1 Å². The Kier molecular flexibility index (Phi) is 5.59.